The van der Waals surface area contributed by atoms with Crippen LogP contribution in [0.2, 0.25) is 0 Å². The number of rotatable bonds is 6. The first kappa shape index (κ1) is 19.3. The van der Waals surface area contributed by atoms with Gasteiger partial charge < -0.3 is 5.32 Å². The number of hydrogen-bond acceptors (Lipinski definition) is 8. The molecule has 1 aliphatic heterocycles. The van der Waals surface area contributed by atoms with Crippen LogP contribution in [0, 0.1) is 20.2 Å². The monoisotopic (exact) mass is 401 g/mol. The fraction of sp³-hybridized carbons (Fsp3) is 0.176. The van der Waals surface area contributed by atoms with Gasteiger partial charge in [0.1, 0.15) is 0 Å². The van der Waals surface area contributed by atoms with Gasteiger partial charge in [-0.2, -0.15) is 16.9 Å². The van der Waals surface area contributed by atoms with Crippen molar-refractivity contribution in [3.63, 3.8) is 0 Å². The second-order valence-corrected chi connectivity index (χ2v) is 6.90. The van der Waals surface area contributed by atoms with E-state index in [1.165, 1.54) is 0 Å². The van der Waals surface area contributed by atoms with Crippen LogP contribution in [0.1, 0.15) is 10.4 Å². The third kappa shape index (κ3) is 4.62. The molecule has 0 aliphatic carbocycles. The molecule has 1 atom stereocenters. The summed E-state index contributed by atoms with van der Waals surface area (Å²) in [4.78, 5) is 32.8. The maximum atomic E-state index is 12.3. The Hall–Kier alpha value is -3.47. The number of nitrogens with zero attached hydrogens (tertiary/aromatic N) is 3. The van der Waals surface area contributed by atoms with Gasteiger partial charge in [-0.25, -0.2) is 0 Å². The number of carbonyl (C=O) groups is 1. The molecule has 0 bridgehead atoms. The first-order valence-corrected chi connectivity index (χ1v) is 9.29. The summed E-state index contributed by atoms with van der Waals surface area (Å²) in [6.45, 7) is 0. The fourth-order valence-electron chi connectivity index (χ4n) is 2.55. The summed E-state index contributed by atoms with van der Waals surface area (Å²) in [6, 6.07) is 11.7. The zero-order valence-electron chi connectivity index (χ0n) is 14.4. The molecule has 1 aliphatic rings. The molecule has 0 saturated carbocycles. The second kappa shape index (κ2) is 8.48. The predicted molar refractivity (Wildman–Crippen MR) is 106 cm³/mol. The third-order valence-corrected chi connectivity index (χ3v) is 5.00. The van der Waals surface area contributed by atoms with Crippen molar-refractivity contribution in [3.8, 4) is 0 Å². The van der Waals surface area contributed by atoms with Gasteiger partial charge in [0.25, 0.3) is 17.3 Å². The summed E-state index contributed by atoms with van der Waals surface area (Å²) in [7, 11) is 0. The standard InChI is InChI=1S/C17H15N5O5S/c23-17(11-4-2-1-3-5-11)18-15-9-28-10-16(15)20-19-12-6-13(21(24)25)8-14(7-12)22(26)27/h1-8,15,19H,9-10H2,(H,18,23)/b20-16+. The number of thioether (sulfide) groups is 1. The quantitative estimate of drug-likeness (QED) is 0.560. The lowest BCUT2D eigenvalue weighted by atomic mass is 10.1. The number of hydrazone groups is 1. The van der Waals surface area contributed by atoms with Gasteiger partial charge in [-0.1, -0.05) is 18.2 Å². The zero-order chi connectivity index (χ0) is 20.1. The van der Waals surface area contributed by atoms with E-state index in [1.807, 2.05) is 6.07 Å². The molecule has 144 valence electrons. The van der Waals surface area contributed by atoms with Gasteiger partial charge in [0.2, 0.25) is 0 Å². The van der Waals surface area contributed by atoms with Crippen molar-refractivity contribution < 1.29 is 14.6 Å². The highest BCUT2D eigenvalue weighted by Gasteiger charge is 2.25. The lowest BCUT2D eigenvalue weighted by Gasteiger charge is -2.13. The number of benzene rings is 2. The van der Waals surface area contributed by atoms with Crippen LogP contribution >= 0.6 is 11.8 Å². The van der Waals surface area contributed by atoms with E-state index in [4.69, 9.17) is 0 Å². The molecule has 1 saturated heterocycles. The SMILES string of the molecule is O=C(NC1CSC/C1=N\Nc1cc([N+](=O)[O-])cc([N+](=O)[O-])c1)c1ccccc1. The van der Waals surface area contributed by atoms with E-state index in [0.717, 1.165) is 18.2 Å². The topological polar surface area (TPSA) is 140 Å². The Labute approximate surface area is 163 Å². The molecule has 0 aromatic heterocycles. The molecule has 28 heavy (non-hydrogen) atoms. The normalized spacial score (nSPS) is 17.3. The molecule has 2 aromatic rings. The van der Waals surface area contributed by atoms with E-state index in [1.54, 1.807) is 36.0 Å². The van der Waals surface area contributed by atoms with Crippen LogP contribution < -0.4 is 10.7 Å². The van der Waals surface area contributed by atoms with Crippen molar-refractivity contribution in [1.82, 2.24) is 5.32 Å². The minimum Gasteiger partial charge on any atom is -0.343 e. The highest BCUT2D eigenvalue weighted by molar-refractivity contribution is 8.00. The van der Waals surface area contributed by atoms with Crippen molar-refractivity contribution in [3.05, 3.63) is 74.3 Å². The molecule has 1 heterocycles. The summed E-state index contributed by atoms with van der Waals surface area (Å²) >= 11 is 1.58. The first-order valence-electron chi connectivity index (χ1n) is 8.14. The highest BCUT2D eigenvalue weighted by Crippen LogP contribution is 2.26. The van der Waals surface area contributed by atoms with E-state index in [-0.39, 0.29) is 17.6 Å². The fourth-order valence-corrected chi connectivity index (χ4v) is 3.66. The zero-order valence-corrected chi connectivity index (χ0v) is 15.2. The Morgan fingerprint density at radius 3 is 2.32 bits per heavy atom. The van der Waals surface area contributed by atoms with Crippen LogP contribution in [0.4, 0.5) is 17.1 Å². The van der Waals surface area contributed by atoms with Crippen molar-refractivity contribution in [2.75, 3.05) is 16.9 Å². The lowest BCUT2D eigenvalue weighted by Crippen LogP contribution is -2.40. The van der Waals surface area contributed by atoms with Gasteiger partial charge in [0, 0.05) is 29.2 Å². The highest BCUT2D eigenvalue weighted by atomic mass is 32.2. The van der Waals surface area contributed by atoms with Crippen molar-refractivity contribution in [1.29, 1.82) is 0 Å². The smallest absolute Gasteiger partial charge is 0.278 e. The number of anilines is 1. The van der Waals surface area contributed by atoms with Crippen LogP contribution in [0.15, 0.2) is 53.6 Å². The number of nitro benzene ring substituents is 2. The van der Waals surface area contributed by atoms with Crippen molar-refractivity contribution in [2.45, 2.75) is 6.04 Å². The number of carbonyl (C=O) groups excluding carboxylic acids is 1. The van der Waals surface area contributed by atoms with E-state index < -0.39 is 21.2 Å². The average molecular weight is 401 g/mol. The second-order valence-electron chi connectivity index (χ2n) is 5.87. The Balaban J connectivity index is 1.75. The van der Waals surface area contributed by atoms with Crippen LogP contribution in [0.5, 0.6) is 0 Å². The van der Waals surface area contributed by atoms with Crippen LogP contribution in [0.3, 0.4) is 0 Å². The van der Waals surface area contributed by atoms with E-state index in [2.05, 4.69) is 15.8 Å². The molecule has 0 spiro atoms. The summed E-state index contributed by atoms with van der Waals surface area (Å²) in [5.74, 6) is 0.963. The molecule has 2 aromatic carbocycles. The predicted octanol–water partition coefficient (Wildman–Crippen LogP) is 2.82. The van der Waals surface area contributed by atoms with E-state index >= 15 is 0 Å². The summed E-state index contributed by atoms with van der Waals surface area (Å²) in [6.07, 6.45) is 0. The van der Waals surface area contributed by atoms with Gasteiger partial charge in [-0.05, 0) is 12.1 Å². The van der Waals surface area contributed by atoms with Gasteiger partial charge in [0.05, 0.1) is 33.4 Å². The molecule has 10 nitrogen and oxygen atoms in total. The maximum absolute atomic E-state index is 12.3. The number of amides is 1. The van der Waals surface area contributed by atoms with Gasteiger partial charge in [-0.15, -0.1) is 0 Å². The Kier molecular flexibility index (Phi) is 5.84. The minimum atomic E-state index is -0.709. The minimum absolute atomic E-state index is 0.124. The summed E-state index contributed by atoms with van der Waals surface area (Å²) in [5.41, 5.74) is 3.11. The Morgan fingerprint density at radius 1 is 1.07 bits per heavy atom. The molecule has 0 radical (unpaired) electrons. The maximum Gasteiger partial charge on any atom is 0.278 e. The number of nitro groups is 2. The average Bonchev–Trinajstić information content (AvgIpc) is 3.13. The van der Waals surface area contributed by atoms with E-state index in [0.29, 0.717) is 22.8 Å². The Bertz CT molecular complexity index is 918. The van der Waals surface area contributed by atoms with Crippen LogP contribution in [-0.2, 0) is 0 Å². The van der Waals surface area contributed by atoms with Crippen molar-refractivity contribution >= 4 is 40.4 Å². The first-order chi connectivity index (χ1) is 13.4. The van der Waals surface area contributed by atoms with Gasteiger partial charge >= 0.3 is 0 Å². The number of non-ortho nitro benzene ring substituents is 2. The summed E-state index contributed by atoms with van der Waals surface area (Å²) < 4.78 is 0. The molecule has 1 fully saturated rings. The third-order valence-electron chi connectivity index (χ3n) is 3.93. The number of nitrogens with one attached hydrogen (secondary N) is 2. The van der Waals surface area contributed by atoms with Crippen molar-refractivity contribution in [2.24, 2.45) is 5.10 Å². The van der Waals surface area contributed by atoms with Crippen LogP contribution in [0.25, 0.3) is 0 Å². The Morgan fingerprint density at radius 2 is 1.71 bits per heavy atom. The lowest BCUT2D eigenvalue weighted by molar-refractivity contribution is -0.394. The molecular formula is C17H15N5O5S. The molecule has 1 amide bonds. The molecule has 2 N–H and O–H groups in total. The molecule has 11 heteroatoms. The molecule has 3 rings (SSSR count). The molecule has 1 unspecified atom stereocenters. The van der Waals surface area contributed by atoms with E-state index in [9.17, 15) is 25.0 Å². The van der Waals surface area contributed by atoms with Gasteiger partial charge in [-0.3, -0.25) is 30.4 Å². The summed E-state index contributed by atoms with van der Waals surface area (Å²) in [5, 5.41) is 29.0. The largest absolute Gasteiger partial charge is 0.343 e. The molecular weight excluding hydrogens is 386 g/mol. The van der Waals surface area contributed by atoms with Crippen LogP contribution in [-0.4, -0.2) is 39.0 Å². The number of hydrogen-bond donors (Lipinski definition) is 2. The van der Waals surface area contributed by atoms with Gasteiger partial charge in [0.15, 0.2) is 0 Å².